The summed E-state index contributed by atoms with van der Waals surface area (Å²) >= 11 is 1.61. The Kier molecular flexibility index (Phi) is 5.17. The van der Waals surface area contributed by atoms with Crippen LogP contribution in [-0.2, 0) is 0 Å². The van der Waals surface area contributed by atoms with Gasteiger partial charge in [-0.25, -0.2) is 0 Å². The van der Waals surface area contributed by atoms with E-state index in [1.54, 1.807) is 11.3 Å². The molecule has 0 saturated heterocycles. The van der Waals surface area contributed by atoms with Crippen LogP contribution in [0.2, 0.25) is 0 Å². The molecule has 3 rings (SSSR count). The van der Waals surface area contributed by atoms with Gasteiger partial charge in [0.05, 0.1) is 4.88 Å². The predicted octanol–water partition coefficient (Wildman–Crippen LogP) is 4.47. The summed E-state index contributed by atoms with van der Waals surface area (Å²) in [5.41, 5.74) is 3.29. The molecular weight excluding hydrogens is 328 g/mol. The number of anilines is 2. The van der Waals surface area contributed by atoms with E-state index >= 15 is 0 Å². The van der Waals surface area contributed by atoms with Gasteiger partial charge in [0.25, 0.3) is 5.91 Å². The standard InChI is InChI=1S/C21H18N2OS/c1-23(2)19-11-9-17(10-12-19)21(24)22-18-6-3-5-16(15-18)8-13-20-7-4-14-25-20/h3-7,9-12,14-15H,1-2H3,(H,22,24). The lowest BCUT2D eigenvalue weighted by Gasteiger charge is -2.12. The van der Waals surface area contributed by atoms with Gasteiger partial charge in [0.1, 0.15) is 0 Å². The van der Waals surface area contributed by atoms with E-state index < -0.39 is 0 Å². The molecule has 3 aromatic rings. The fraction of sp³-hybridized carbons (Fsp3) is 0.0952. The lowest BCUT2D eigenvalue weighted by molar-refractivity contribution is 0.102. The van der Waals surface area contributed by atoms with E-state index in [4.69, 9.17) is 0 Å². The van der Waals surface area contributed by atoms with Crippen LogP contribution in [-0.4, -0.2) is 20.0 Å². The van der Waals surface area contributed by atoms with E-state index in [0.717, 1.165) is 21.8 Å². The summed E-state index contributed by atoms with van der Waals surface area (Å²) in [4.78, 5) is 15.4. The van der Waals surface area contributed by atoms with E-state index in [-0.39, 0.29) is 5.91 Å². The number of hydrogen-bond acceptors (Lipinski definition) is 3. The first-order chi connectivity index (χ1) is 12.1. The van der Waals surface area contributed by atoms with Crippen molar-refractivity contribution in [3.63, 3.8) is 0 Å². The highest BCUT2D eigenvalue weighted by Gasteiger charge is 2.06. The maximum Gasteiger partial charge on any atom is 0.255 e. The summed E-state index contributed by atoms with van der Waals surface area (Å²) in [6, 6.07) is 19.0. The molecule has 0 atom stereocenters. The summed E-state index contributed by atoms with van der Waals surface area (Å²) in [5, 5.41) is 4.92. The monoisotopic (exact) mass is 346 g/mol. The first-order valence-electron chi connectivity index (χ1n) is 7.86. The van der Waals surface area contributed by atoms with Gasteiger partial charge in [-0.15, -0.1) is 11.3 Å². The second kappa shape index (κ2) is 7.69. The smallest absolute Gasteiger partial charge is 0.255 e. The Balaban J connectivity index is 1.72. The number of nitrogens with one attached hydrogen (secondary N) is 1. The van der Waals surface area contributed by atoms with Gasteiger partial charge < -0.3 is 10.2 Å². The number of amides is 1. The highest BCUT2D eigenvalue weighted by Crippen LogP contribution is 2.15. The number of carbonyl (C=O) groups excluding carboxylic acids is 1. The van der Waals surface area contributed by atoms with Crippen molar-refractivity contribution < 1.29 is 4.79 Å². The minimum atomic E-state index is -0.131. The number of benzene rings is 2. The largest absolute Gasteiger partial charge is 0.378 e. The van der Waals surface area contributed by atoms with Gasteiger partial charge in [-0.05, 0) is 53.9 Å². The first kappa shape index (κ1) is 16.8. The topological polar surface area (TPSA) is 32.3 Å². The molecule has 0 aliphatic rings. The molecule has 1 amide bonds. The highest BCUT2D eigenvalue weighted by atomic mass is 32.1. The van der Waals surface area contributed by atoms with Gasteiger partial charge in [0, 0.05) is 36.6 Å². The van der Waals surface area contributed by atoms with Crippen LogP contribution < -0.4 is 10.2 Å². The van der Waals surface area contributed by atoms with Crippen molar-refractivity contribution in [2.24, 2.45) is 0 Å². The van der Waals surface area contributed by atoms with Gasteiger partial charge in [-0.2, -0.15) is 0 Å². The molecule has 1 aromatic heterocycles. The molecule has 2 aromatic carbocycles. The molecule has 0 saturated carbocycles. The van der Waals surface area contributed by atoms with Crippen LogP contribution in [0.25, 0.3) is 0 Å². The normalized spacial score (nSPS) is 9.84. The van der Waals surface area contributed by atoms with Gasteiger partial charge >= 0.3 is 0 Å². The van der Waals surface area contributed by atoms with Crippen LogP contribution in [0.5, 0.6) is 0 Å². The van der Waals surface area contributed by atoms with E-state index in [1.807, 2.05) is 85.0 Å². The number of rotatable bonds is 3. The average Bonchev–Trinajstić information content (AvgIpc) is 3.14. The Labute approximate surface area is 151 Å². The molecule has 1 heterocycles. The molecule has 0 bridgehead atoms. The maximum atomic E-state index is 12.4. The molecule has 0 fully saturated rings. The van der Waals surface area contributed by atoms with Crippen LogP contribution >= 0.6 is 11.3 Å². The van der Waals surface area contributed by atoms with Crippen LogP contribution in [0.4, 0.5) is 11.4 Å². The zero-order chi connectivity index (χ0) is 17.6. The number of thiophene rings is 1. The molecule has 124 valence electrons. The summed E-state index contributed by atoms with van der Waals surface area (Å²) in [7, 11) is 3.94. The zero-order valence-corrected chi connectivity index (χ0v) is 14.9. The van der Waals surface area contributed by atoms with Gasteiger partial charge in [-0.1, -0.05) is 24.0 Å². The highest BCUT2D eigenvalue weighted by molar-refractivity contribution is 7.10. The van der Waals surface area contributed by atoms with Crippen molar-refractivity contribution in [1.82, 2.24) is 0 Å². The SMILES string of the molecule is CN(C)c1ccc(C(=O)Nc2cccc(C#Cc3cccs3)c2)cc1. The summed E-state index contributed by atoms with van der Waals surface area (Å²) in [6.07, 6.45) is 0. The van der Waals surface area contributed by atoms with Crippen molar-refractivity contribution in [3.05, 3.63) is 82.0 Å². The van der Waals surface area contributed by atoms with Crippen LogP contribution in [0.15, 0.2) is 66.0 Å². The lowest BCUT2D eigenvalue weighted by atomic mass is 10.1. The molecule has 0 spiro atoms. The molecular formula is C21H18N2OS. The Morgan fingerprint density at radius 2 is 1.80 bits per heavy atom. The van der Waals surface area contributed by atoms with Crippen LogP contribution in [0.1, 0.15) is 20.8 Å². The molecule has 1 N–H and O–H groups in total. The molecule has 0 unspecified atom stereocenters. The van der Waals surface area contributed by atoms with Gasteiger partial charge in [-0.3, -0.25) is 4.79 Å². The second-order valence-electron chi connectivity index (χ2n) is 5.70. The van der Waals surface area contributed by atoms with E-state index in [1.165, 1.54) is 0 Å². The van der Waals surface area contributed by atoms with Crippen LogP contribution in [0, 0.1) is 11.8 Å². The third-order valence-corrected chi connectivity index (χ3v) is 4.40. The Bertz CT molecular complexity index is 917. The minimum Gasteiger partial charge on any atom is -0.378 e. The van der Waals surface area contributed by atoms with E-state index in [0.29, 0.717) is 5.56 Å². The minimum absolute atomic E-state index is 0.131. The van der Waals surface area contributed by atoms with Crippen molar-refractivity contribution >= 4 is 28.6 Å². The summed E-state index contributed by atoms with van der Waals surface area (Å²) < 4.78 is 0. The first-order valence-corrected chi connectivity index (χ1v) is 8.74. The van der Waals surface area contributed by atoms with Crippen molar-refractivity contribution in [3.8, 4) is 11.8 Å². The third kappa shape index (κ3) is 4.50. The van der Waals surface area contributed by atoms with E-state index in [2.05, 4.69) is 17.2 Å². The Hall–Kier alpha value is -3.03. The summed E-state index contributed by atoms with van der Waals surface area (Å²) in [6.45, 7) is 0. The number of carbonyl (C=O) groups is 1. The third-order valence-electron chi connectivity index (χ3n) is 3.62. The quantitative estimate of drug-likeness (QED) is 0.710. The predicted molar refractivity (Wildman–Crippen MR) is 105 cm³/mol. The fourth-order valence-electron chi connectivity index (χ4n) is 2.27. The maximum absolute atomic E-state index is 12.4. The zero-order valence-electron chi connectivity index (χ0n) is 14.1. The fourth-order valence-corrected chi connectivity index (χ4v) is 2.84. The second-order valence-corrected chi connectivity index (χ2v) is 6.65. The lowest BCUT2D eigenvalue weighted by Crippen LogP contribution is -2.13. The van der Waals surface area contributed by atoms with Crippen molar-refractivity contribution in [2.45, 2.75) is 0 Å². The summed E-state index contributed by atoms with van der Waals surface area (Å²) in [5.74, 6) is 6.11. The van der Waals surface area contributed by atoms with Gasteiger partial charge in [0.15, 0.2) is 0 Å². The molecule has 0 aliphatic heterocycles. The number of nitrogens with zero attached hydrogens (tertiary/aromatic N) is 1. The Morgan fingerprint density at radius 3 is 2.48 bits per heavy atom. The molecule has 4 heteroatoms. The van der Waals surface area contributed by atoms with Crippen molar-refractivity contribution in [1.29, 1.82) is 0 Å². The molecule has 0 aliphatic carbocycles. The van der Waals surface area contributed by atoms with E-state index in [9.17, 15) is 4.79 Å². The Morgan fingerprint density at radius 1 is 1.00 bits per heavy atom. The van der Waals surface area contributed by atoms with Crippen molar-refractivity contribution in [2.75, 3.05) is 24.3 Å². The van der Waals surface area contributed by atoms with Gasteiger partial charge in [0.2, 0.25) is 0 Å². The average molecular weight is 346 g/mol. The van der Waals surface area contributed by atoms with Crippen LogP contribution in [0.3, 0.4) is 0 Å². The molecule has 0 radical (unpaired) electrons. The number of hydrogen-bond donors (Lipinski definition) is 1. The molecule has 3 nitrogen and oxygen atoms in total. The molecule has 25 heavy (non-hydrogen) atoms.